The summed E-state index contributed by atoms with van der Waals surface area (Å²) in [6.45, 7) is 3.97. The van der Waals surface area contributed by atoms with E-state index in [0.717, 1.165) is 23.5 Å². The molecule has 0 saturated carbocycles. The summed E-state index contributed by atoms with van der Waals surface area (Å²) in [6, 6.07) is 1.88. The first-order chi connectivity index (χ1) is 8.65. The fraction of sp³-hybridized carbons (Fsp3) is 0.417. The lowest BCUT2D eigenvalue weighted by molar-refractivity contribution is 0.410. The summed E-state index contributed by atoms with van der Waals surface area (Å²) in [7, 11) is 3.67. The first-order valence-corrected chi connectivity index (χ1v) is 5.85. The molecule has 0 aliphatic rings. The van der Waals surface area contributed by atoms with Gasteiger partial charge >= 0.3 is 0 Å². The average Bonchev–Trinajstić information content (AvgIpc) is 2.67. The molecule has 0 aliphatic heterocycles. The zero-order valence-corrected chi connectivity index (χ0v) is 11.1. The maximum atomic E-state index is 5.80. The minimum atomic E-state index is 0.569. The molecule has 0 saturated heterocycles. The summed E-state index contributed by atoms with van der Waals surface area (Å²) >= 11 is 0. The highest BCUT2D eigenvalue weighted by Crippen LogP contribution is 2.27. The van der Waals surface area contributed by atoms with Crippen molar-refractivity contribution in [2.75, 3.05) is 12.4 Å². The number of nitrogens with one attached hydrogen (secondary N) is 1. The van der Waals surface area contributed by atoms with E-state index in [2.05, 4.69) is 20.4 Å². The zero-order valence-electron chi connectivity index (χ0n) is 11.1. The molecule has 6 nitrogen and oxygen atoms in total. The van der Waals surface area contributed by atoms with Gasteiger partial charge in [-0.3, -0.25) is 0 Å². The molecule has 6 heteroatoms. The molecule has 0 fully saturated rings. The molecule has 0 aliphatic carbocycles. The molecule has 2 aromatic rings. The van der Waals surface area contributed by atoms with E-state index in [1.165, 1.54) is 6.33 Å². The van der Waals surface area contributed by atoms with Crippen LogP contribution in [-0.2, 0) is 13.5 Å². The lowest BCUT2D eigenvalue weighted by atomic mass is 10.2. The highest BCUT2D eigenvalue weighted by Gasteiger charge is 2.13. The van der Waals surface area contributed by atoms with Crippen molar-refractivity contribution in [3.63, 3.8) is 0 Å². The van der Waals surface area contributed by atoms with Crippen molar-refractivity contribution >= 4 is 5.82 Å². The second-order valence-corrected chi connectivity index (χ2v) is 3.96. The Balaban J connectivity index is 2.37. The van der Waals surface area contributed by atoms with Gasteiger partial charge in [-0.05, 0) is 13.3 Å². The summed E-state index contributed by atoms with van der Waals surface area (Å²) in [4.78, 5) is 8.36. The largest absolute Gasteiger partial charge is 0.420 e. The van der Waals surface area contributed by atoms with E-state index in [1.807, 2.05) is 34.0 Å². The second kappa shape index (κ2) is 5.03. The highest BCUT2D eigenvalue weighted by atomic mass is 16.5. The van der Waals surface area contributed by atoms with E-state index in [-0.39, 0.29) is 0 Å². The number of hydrogen-bond acceptors (Lipinski definition) is 5. The Morgan fingerprint density at radius 3 is 2.72 bits per heavy atom. The molecule has 0 aromatic carbocycles. The molecule has 0 radical (unpaired) electrons. The fourth-order valence-electron chi connectivity index (χ4n) is 1.80. The number of aryl methyl sites for hydroxylation is 2. The molecule has 0 spiro atoms. The molecule has 0 amide bonds. The number of nitrogens with zero attached hydrogens (tertiary/aromatic N) is 4. The van der Waals surface area contributed by atoms with Crippen LogP contribution in [-0.4, -0.2) is 26.8 Å². The van der Waals surface area contributed by atoms with E-state index in [4.69, 9.17) is 4.74 Å². The molecule has 96 valence electrons. The van der Waals surface area contributed by atoms with E-state index in [0.29, 0.717) is 11.8 Å². The molecule has 0 unspecified atom stereocenters. The first-order valence-electron chi connectivity index (χ1n) is 5.85. The van der Waals surface area contributed by atoms with Gasteiger partial charge in [-0.1, -0.05) is 6.92 Å². The number of ether oxygens (including phenoxy) is 1. The predicted octanol–water partition coefficient (Wildman–Crippen LogP) is 1.91. The average molecular weight is 247 g/mol. The number of rotatable bonds is 4. The lowest BCUT2D eigenvalue weighted by Crippen LogP contribution is -2.04. The SMILES string of the molecule is CCc1c(NC)ncnc1Oc1cc(C)nn1C. The monoisotopic (exact) mass is 247 g/mol. The van der Waals surface area contributed by atoms with Crippen LogP contribution >= 0.6 is 0 Å². The van der Waals surface area contributed by atoms with Gasteiger partial charge in [-0.25, -0.2) is 14.6 Å². The van der Waals surface area contributed by atoms with E-state index >= 15 is 0 Å². The third kappa shape index (κ3) is 2.27. The maximum absolute atomic E-state index is 5.80. The van der Waals surface area contributed by atoms with Gasteiger partial charge in [-0.15, -0.1) is 0 Å². The van der Waals surface area contributed by atoms with Crippen LogP contribution in [0.3, 0.4) is 0 Å². The van der Waals surface area contributed by atoms with Gasteiger partial charge in [0, 0.05) is 20.2 Å². The molecule has 0 bridgehead atoms. The number of hydrogen-bond donors (Lipinski definition) is 1. The van der Waals surface area contributed by atoms with E-state index in [1.54, 1.807) is 4.68 Å². The van der Waals surface area contributed by atoms with Gasteiger partial charge < -0.3 is 10.1 Å². The Morgan fingerprint density at radius 1 is 1.39 bits per heavy atom. The molecule has 0 atom stereocenters. The van der Waals surface area contributed by atoms with Gasteiger partial charge in [-0.2, -0.15) is 5.10 Å². The van der Waals surface area contributed by atoms with Gasteiger partial charge in [0.05, 0.1) is 11.3 Å². The van der Waals surface area contributed by atoms with Crippen LogP contribution in [0.2, 0.25) is 0 Å². The van der Waals surface area contributed by atoms with Gasteiger partial charge in [0.25, 0.3) is 0 Å². The normalized spacial score (nSPS) is 10.4. The summed E-state index contributed by atoms with van der Waals surface area (Å²) in [6.07, 6.45) is 2.28. The van der Waals surface area contributed by atoms with Crippen molar-refractivity contribution < 1.29 is 4.74 Å². The van der Waals surface area contributed by atoms with Crippen LogP contribution in [0.5, 0.6) is 11.8 Å². The Labute approximate surface area is 106 Å². The van der Waals surface area contributed by atoms with Crippen molar-refractivity contribution in [2.45, 2.75) is 20.3 Å². The van der Waals surface area contributed by atoms with Gasteiger partial charge in [0.2, 0.25) is 11.8 Å². The minimum Gasteiger partial charge on any atom is -0.420 e. The molecule has 2 aromatic heterocycles. The van der Waals surface area contributed by atoms with Crippen LogP contribution in [0.4, 0.5) is 5.82 Å². The Morgan fingerprint density at radius 2 is 2.17 bits per heavy atom. The van der Waals surface area contributed by atoms with Crippen LogP contribution < -0.4 is 10.1 Å². The van der Waals surface area contributed by atoms with Crippen LogP contribution in [0.1, 0.15) is 18.2 Å². The van der Waals surface area contributed by atoms with Crippen molar-refractivity contribution in [2.24, 2.45) is 7.05 Å². The van der Waals surface area contributed by atoms with Crippen molar-refractivity contribution in [3.8, 4) is 11.8 Å². The van der Waals surface area contributed by atoms with Crippen LogP contribution in [0, 0.1) is 6.92 Å². The fourth-order valence-corrected chi connectivity index (χ4v) is 1.80. The van der Waals surface area contributed by atoms with E-state index < -0.39 is 0 Å². The quantitative estimate of drug-likeness (QED) is 0.894. The molecule has 2 heterocycles. The first kappa shape index (κ1) is 12.3. The third-order valence-electron chi connectivity index (χ3n) is 2.66. The van der Waals surface area contributed by atoms with Gasteiger partial charge in [0.1, 0.15) is 12.1 Å². The summed E-state index contributed by atoms with van der Waals surface area (Å²) < 4.78 is 7.49. The van der Waals surface area contributed by atoms with Crippen molar-refractivity contribution in [1.29, 1.82) is 0 Å². The van der Waals surface area contributed by atoms with Crippen LogP contribution in [0.25, 0.3) is 0 Å². The summed E-state index contributed by atoms with van der Waals surface area (Å²) in [5.41, 5.74) is 1.87. The third-order valence-corrected chi connectivity index (χ3v) is 2.66. The Kier molecular flexibility index (Phi) is 3.45. The molecule has 2 rings (SSSR count). The summed E-state index contributed by atoms with van der Waals surface area (Å²) in [5.74, 6) is 2.03. The number of aromatic nitrogens is 4. The molecule has 18 heavy (non-hydrogen) atoms. The minimum absolute atomic E-state index is 0.569. The zero-order chi connectivity index (χ0) is 13.1. The van der Waals surface area contributed by atoms with Crippen molar-refractivity contribution in [3.05, 3.63) is 23.7 Å². The smallest absolute Gasteiger partial charge is 0.229 e. The Hall–Kier alpha value is -2.11. The highest BCUT2D eigenvalue weighted by molar-refractivity contribution is 5.48. The molecular weight excluding hydrogens is 230 g/mol. The topological polar surface area (TPSA) is 64.9 Å². The maximum Gasteiger partial charge on any atom is 0.229 e. The predicted molar refractivity (Wildman–Crippen MR) is 69.0 cm³/mol. The number of anilines is 1. The van der Waals surface area contributed by atoms with Crippen molar-refractivity contribution in [1.82, 2.24) is 19.7 Å². The lowest BCUT2D eigenvalue weighted by Gasteiger charge is -2.11. The van der Waals surface area contributed by atoms with Gasteiger partial charge in [0.15, 0.2) is 0 Å². The Bertz CT molecular complexity index is 549. The second-order valence-electron chi connectivity index (χ2n) is 3.96. The van der Waals surface area contributed by atoms with Crippen LogP contribution in [0.15, 0.2) is 12.4 Å². The molecule has 1 N–H and O–H groups in total. The van der Waals surface area contributed by atoms with E-state index in [9.17, 15) is 0 Å². The summed E-state index contributed by atoms with van der Waals surface area (Å²) in [5, 5.41) is 7.28. The molecular formula is C12H17N5O. The standard InChI is InChI=1S/C12H17N5O/c1-5-9-11(13-3)14-7-15-12(9)18-10-6-8(2)16-17(10)4/h6-7H,5H2,1-4H3,(H,13,14,15).